The molecular formula is C25H31F2N9. The molecule has 0 aliphatic carbocycles. The quantitative estimate of drug-likeness (QED) is 0.383. The Morgan fingerprint density at radius 1 is 1.08 bits per heavy atom. The Morgan fingerprint density at radius 2 is 1.86 bits per heavy atom. The van der Waals surface area contributed by atoms with Crippen molar-refractivity contribution in [3.8, 4) is 11.3 Å². The van der Waals surface area contributed by atoms with Crippen LogP contribution in [0.4, 0.5) is 20.5 Å². The van der Waals surface area contributed by atoms with Crippen molar-refractivity contribution in [2.75, 3.05) is 25.6 Å². The second kappa shape index (κ2) is 10.6. The van der Waals surface area contributed by atoms with Crippen LogP contribution in [0.3, 0.4) is 0 Å². The van der Waals surface area contributed by atoms with Gasteiger partial charge in [-0.1, -0.05) is 6.07 Å². The van der Waals surface area contributed by atoms with E-state index >= 15 is 0 Å². The zero-order valence-electron chi connectivity index (χ0n) is 20.9. The van der Waals surface area contributed by atoms with E-state index in [4.69, 9.17) is 5.73 Å². The van der Waals surface area contributed by atoms with Crippen LogP contribution in [-0.4, -0.2) is 49.7 Å². The van der Waals surface area contributed by atoms with Crippen LogP contribution in [-0.2, 0) is 13.0 Å². The number of rotatable bonds is 5. The first kappa shape index (κ1) is 25.5. The van der Waals surface area contributed by atoms with Crippen LogP contribution in [0.5, 0.6) is 0 Å². The van der Waals surface area contributed by atoms with Crippen LogP contribution in [0.2, 0.25) is 0 Å². The summed E-state index contributed by atoms with van der Waals surface area (Å²) in [6, 6.07) is 6.87. The highest BCUT2D eigenvalue weighted by Crippen LogP contribution is 2.30. The number of aromatic nitrogens is 5. The number of hydrogen-bond donors (Lipinski definition) is 3. The fourth-order valence-electron chi connectivity index (χ4n) is 4.50. The van der Waals surface area contributed by atoms with Gasteiger partial charge in [-0.2, -0.15) is 0 Å². The second-order valence-corrected chi connectivity index (χ2v) is 8.75. The number of nitrogens with two attached hydrogens (primary N) is 2. The van der Waals surface area contributed by atoms with Gasteiger partial charge in [0.2, 0.25) is 5.95 Å². The smallest absolute Gasteiger partial charge is 0.229 e. The fraction of sp³-hybridized carbons (Fsp3) is 0.360. The maximum absolute atomic E-state index is 14.9. The van der Waals surface area contributed by atoms with Crippen molar-refractivity contribution >= 4 is 22.8 Å². The molecule has 5 N–H and O–H groups in total. The number of pyridine rings is 1. The molecule has 0 atom stereocenters. The van der Waals surface area contributed by atoms with Gasteiger partial charge in [-0.25, -0.2) is 28.7 Å². The number of hydrogen-bond acceptors (Lipinski definition) is 8. The van der Waals surface area contributed by atoms with E-state index in [0.29, 0.717) is 29.4 Å². The average molecular weight is 496 g/mol. The molecule has 4 heterocycles. The minimum atomic E-state index is -0.642. The Bertz CT molecular complexity index is 1380. The third kappa shape index (κ3) is 4.90. The molecule has 5 rings (SSSR count). The molecule has 11 heteroatoms. The summed E-state index contributed by atoms with van der Waals surface area (Å²) in [6.45, 7) is 7.92. The lowest BCUT2D eigenvalue weighted by Gasteiger charge is -2.26. The third-order valence-electron chi connectivity index (χ3n) is 6.08. The molecule has 0 saturated heterocycles. The number of imidazole rings is 1. The van der Waals surface area contributed by atoms with Crippen molar-refractivity contribution in [2.24, 2.45) is 11.5 Å². The SMILES string of the molecule is CN.Cc1nc2c(F)cc(-c3nc(Nc4ccc5c(n4)CCN(CN)C5)ncc3F)cc2n1C(C)C. The standard InChI is InChI=1S/C24H26F2N8.CH5N/c1-13(2)34-14(3)29-23-17(25)8-16(9-20(23)34)22-18(26)10-28-24(32-22)31-21-5-4-15-11-33(12-27)7-6-19(15)30-21;1-2/h4-5,8-10,13H,6-7,11-12,27H2,1-3H3,(H,28,30,31,32);2H2,1H3. The predicted octanol–water partition coefficient (Wildman–Crippen LogP) is 3.65. The third-order valence-corrected chi connectivity index (χ3v) is 6.08. The van der Waals surface area contributed by atoms with E-state index in [0.717, 1.165) is 37.0 Å². The first-order valence-corrected chi connectivity index (χ1v) is 11.8. The van der Waals surface area contributed by atoms with E-state index in [-0.39, 0.29) is 23.2 Å². The zero-order chi connectivity index (χ0) is 26.0. The van der Waals surface area contributed by atoms with Crippen LogP contribution in [0.15, 0.2) is 30.5 Å². The summed E-state index contributed by atoms with van der Waals surface area (Å²) >= 11 is 0. The minimum absolute atomic E-state index is 0.00371. The summed E-state index contributed by atoms with van der Waals surface area (Å²) in [4.78, 5) is 19.6. The number of nitrogens with zero attached hydrogens (tertiary/aromatic N) is 6. The van der Waals surface area contributed by atoms with Crippen molar-refractivity contribution < 1.29 is 8.78 Å². The van der Waals surface area contributed by atoms with Crippen LogP contribution >= 0.6 is 0 Å². The van der Waals surface area contributed by atoms with Crippen molar-refractivity contribution in [1.29, 1.82) is 0 Å². The van der Waals surface area contributed by atoms with E-state index in [1.807, 2.05) is 37.5 Å². The van der Waals surface area contributed by atoms with Gasteiger partial charge >= 0.3 is 0 Å². The van der Waals surface area contributed by atoms with Gasteiger partial charge in [0.1, 0.15) is 22.9 Å². The summed E-state index contributed by atoms with van der Waals surface area (Å²) in [5, 5.41) is 3.05. The van der Waals surface area contributed by atoms with Crippen molar-refractivity contribution in [2.45, 2.75) is 39.8 Å². The number of anilines is 2. The fourth-order valence-corrected chi connectivity index (χ4v) is 4.50. The largest absolute Gasteiger partial charge is 0.333 e. The summed E-state index contributed by atoms with van der Waals surface area (Å²) in [5.41, 5.74) is 13.5. The molecule has 0 amide bonds. The highest BCUT2D eigenvalue weighted by atomic mass is 19.1. The average Bonchev–Trinajstić information content (AvgIpc) is 3.22. The number of nitrogens with one attached hydrogen (secondary N) is 1. The first-order valence-electron chi connectivity index (χ1n) is 11.8. The lowest BCUT2D eigenvalue weighted by atomic mass is 10.1. The molecule has 0 unspecified atom stereocenters. The van der Waals surface area contributed by atoms with E-state index in [9.17, 15) is 8.78 Å². The highest BCUT2D eigenvalue weighted by Gasteiger charge is 2.19. The van der Waals surface area contributed by atoms with Gasteiger partial charge in [0, 0.05) is 43.5 Å². The zero-order valence-corrected chi connectivity index (χ0v) is 20.9. The second-order valence-electron chi connectivity index (χ2n) is 8.75. The lowest BCUT2D eigenvalue weighted by Crippen LogP contribution is -2.35. The number of aryl methyl sites for hydroxylation is 1. The number of halogens is 2. The molecule has 1 aromatic carbocycles. The predicted molar refractivity (Wildman–Crippen MR) is 137 cm³/mol. The lowest BCUT2D eigenvalue weighted by molar-refractivity contribution is 0.259. The molecule has 0 spiro atoms. The summed E-state index contributed by atoms with van der Waals surface area (Å²) in [6.07, 6.45) is 1.87. The molecule has 0 saturated carbocycles. The highest BCUT2D eigenvalue weighted by molar-refractivity contribution is 5.83. The molecule has 0 radical (unpaired) electrons. The maximum Gasteiger partial charge on any atom is 0.229 e. The molecule has 9 nitrogen and oxygen atoms in total. The van der Waals surface area contributed by atoms with Gasteiger partial charge in [-0.3, -0.25) is 4.90 Å². The van der Waals surface area contributed by atoms with E-state index in [1.165, 1.54) is 13.1 Å². The van der Waals surface area contributed by atoms with Crippen LogP contribution < -0.4 is 16.8 Å². The summed E-state index contributed by atoms with van der Waals surface area (Å²) in [5.74, 6) is 0.270. The van der Waals surface area contributed by atoms with Gasteiger partial charge in [-0.15, -0.1) is 0 Å². The molecular weight excluding hydrogens is 464 g/mol. The van der Waals surface area contributed by atoms with E-state index < -0.39 is 11.6 Å². The minimum Gasteiger partial charge on any atom is -0.333 e. The van der Waals surface area contributed by atoms with E-state index in [2.05, 4.69) is 35.9 Å². The molecule has 190 valence electrons. The van der Waals surface area contributed by atoms with Crippen LogP contribution in [0.1, 0.15) is 37.0 Å². The molecule has 4 aromatic rings. The Hall–Kier alpha value is -3.54. The first-order chi connectivity index (χ1) is 17.3. The van der Waals surface area contributed by atoms with Crippen molar-refractivity contribution in [3.63, 3.8) is 0 Å². The summed E-state index contributed by atoms with van der Waals surface area (Å²) < 4.78 is 31.6. The Kier molecular flexibility index (Phi) is 7.53. The molecule has 1 aliphatic heterocycles. The molecule has 0 bridgehead atoms. The van der Waals surface area contributed by atoms with Gasteiger partial charge < -0.3 is 21.4 Å². The molecule has 0 fully saturated rings. The van der Waals surface area contributed by atoms with Gasteiger partial charge in [0.05, 0.1) is 11.7 Å². The maximum atomic E-state index is 14.9. The van der Waals surface area contributed by atoms with Crippen LogP contribution in [0.25, 0.3) is 22.3 Å². The number of fused-ring (bicyclic) bond motifs is 2. The number of benzene rings is 1. The molecule has 3 aromatic heterocycles. The Labute approximate surface area is 208 Å². The van der Waals surface area contributed by atoms with E-state index in [1.54, 1.807) is 6.07 Å². The normalized spacial score (nSPS) is 13.5. The van der Waals surface area contributed by atoms with Crippen molar-refractivity contribution in [3.05, 3.63) is 59.2 Å². The van der Waals surface area contributed by atoms with Gasteiger partial charge in [0.25, 0.3) is 0 Å². The van der Waals surface area contributed by atoms with Crippen molar-refractivity contribution in [1.82, 2.24) is 29.4 Å². The summed E-state index contributed by atoms with van der Waals surface area (Å²) in [7, 11) is 1.50. The monoisotopic (exact) mass is 495 g/mol. The molecule has 36 heavy (non-hydrogen) atoms. The van der Waals surface area contributed by atoms with Gasteiger partial charge in [0.15, 0.2) is 11.6 Å². The Morgan fingerprint density at radius 3 is 2.58 bits per heavy atom. The molecule has 1 aliphatic rings. The topological polar surface area (TPSA) is 124 Å². The van der Waals surface area contributed by atoms with Crippen LogP contribution in [0, 0.1) is 18.6 Å². The van der Waals surface area contributed by atoms with Gasteiger partial charge in [-0.05, 0) is 51.6 Å². The Balaban J connectivity index is 0.00000148.